The highest BCUT2D eigenvalue weighted by Crippen LogP contribution is 2.10. The van der Waals surface area contributed by atoms with Crippen molar-refractivity contribution in [3.05, 3.63) is 35.1 Å². The fourth-order valence-corrected chi connectivity index (χ4v) is 1.42. The second kappa shape index (κ2) is 5.99. The molecule has 2 nitrogen and oxygen atoms in total. The van der Waals surface area contributed by atoms with Crippen molar-refractivity contribution in [1.82, 2.24) is 5.32 Å². The maximum Gasteiger partial charge on any atom is 0.254 e. The topological polar surface area (TPSA) is 29.1 Å². The lowest BCUT2D eigenvalue weighted by atomic mass is 10.1. The Labute approximate surface area is 103 Å². The van der Waals surface area contributed by atoms with Gasteiger partial charge in [0.2, 0.25) is 0 Å². The van der Waals surface area contributed by atoms with Gasteiger partial charge in [0.1, 0.15) is 5.82 Å². The summed E-state index contributed by atoms with van der Waals surface area (Å²) in [5, 5.41) is 2.69. The average Bonchev–Trinajstić information content (AvgIpc) is 2.28. The van der Waals surface area contributed by atoms with Gasteiger partial charge in [-0.05, 0) is 25.5 Å². The average molecular weight is 288 g/mol. The van der Waals surface area contributed by atoms with Crippen LogP contribution < -0.4 is 5.32 Å². The Morgan fingerprint density at radius 2 is 2.25 bits per heavy atom. The number of halogens is 2. The molecule has 1 rings (SSSR count). The second-order valence-electron chi connectivity index (χ2n) is 3.70. The Hall–Kier alpha value is -0.900. The van der Waals surface area contributed by atoms with Gasteiger partial charge in [-0.15, -0.1) is 0 Å². The first kappa shape index (κ1) is 13.2. The molecule has 0 bridgehead atoms. The molecule has 1 amide bonds. The molecular weight excluding hydrogens is 273 g/mol. The van der Waals surface area contributed by atoms with E-state index < -0.39 is 5.82 Å². The minimum Gasteiger partial charge on any atom is -0.351 e. The zero-order valence-corrected chi connectivity index (χ0v) is 11.0. The third-order valence-electron chi connectivity index (χ3n) is 2.29. The normalized spacial score (nSPS) is 12.2. The third-order valence-corrected chi connectivity index (χ3v) is 3.26. The lowest BCUT2D eigenvalue weighted by Gasteiger charge is -2.09. The van der Waals surface area contributed by atoms with Crippen molar-refractivity contribution < 1.29 is 9.18 Å². The summed E-state index contributed by atoms with van der Waals surface area (Å²) in [6.07, 6.45) is 0.913. The summed E-state index contributed by atoms with van der Waals surface area (Å²) in [5.74, 6) is -0.843. The zero-order chi connectivity index (χ0) is 12.1. The van der Waals surface area contributed by atoms with Gasteiger partial charge in [0, 0.05) is 11.4 Å². The number of amides is 1. The first-order valence-electron chi connectivity index (χ1n) is 5.23. The zero-order valence-electron chi connectivity index (χ0n) is 9.39. The number of carbonyl (C=O) groups excluding carboxylic acids is 1. The van der Waals surface area contributed by atoms with Crippen LogP contribution in [0.3, 0.4) is 0 Å². The van der Waals surface area contributed by atoms with Crippen LogP contribution in [0.15, 0.2) is 18.2 Å². The summed E-state index contributed by atoms with van der Waals surface area (Å²) >= 11 is 3.40. The maximum atomic E-state index is 13.4. The molecule has 0 aliphatic rings. The van der Waals surface area contributed by atoms with Gasteiger partial charge in [-0.25, -0.2) is 4.39 Å². The number of alkyl halides is 1. The fraction of sp³-hybridized carbons (Fsp3) is 0.417. The summed E-state index contributed by atoms with van der Waals surface area (Å²) in [6, 6.07) is 4.51. The molecule has 4 heteroatoms. The summed E-state index contributed by atoms with van der Waals surface area (Å²) in [4.78, 5) is 11.9. The highest BCUT2D eigenvalue weighted by molar-refractivity contribution is 9.09. The van der Waals surface area contributed by atoms with Gasteiger partial charge in [-0.3, -0.25) is 4.79 Å². The summed E-state index contributed by atoms with van der Waals surface area (Å²) in [6.45, 7) is 4.34. The molecule has 0 saturated carbocycles. The number of aryl methyl sites for hydroxylation is 1. The summed E-state index contributed by atoms with van der Waals surface area (Å²) in [7, 11) is 0. The molecule has 0 aromatic heterocycles. The minimum absolute atomic E-state index is 0.107. The van der Waals surface area contributed by atoms with Crippen LogP contribution in [-0.4, -0.2) is 17.3 Å². The van der Waals surface area contributed by atoms with Crippen LogP contribution in [0.1, 0.15) is 29.3 Å². The van der Waals surface area contributed by atoms with Gasteiger partial charge in [0.05, 0.1) is 5.56 Å². The van der Waals surface area contributed by atoms with Crippen molar-refractivity contribution in [1.29, 1.82) is 0 Å². The van der Waals surface area contributed by atoms with Crippen molar-refractivity contribution in [2.24, 2.45) is 0 Å². The van der Waals surface area contributed by atoms with Crippen molar-refractivity contribution in [3.8, 4) is 0 Å². The van der Waals surface area contributed by atoms with Crippen LogP contribution >= 0.6 is 15.9 Å². The van der Waals surface area contributed by atoms with Gasteiger partial charge >= 0.3 is 0 Å². The fourth-order valence-electron chi connectivity index (χ4n) is 1.26. The molecule has 0 fully saturated rings. The summed E-state index contributed by atoms with van der Waals surface area (Å²) < 4.78 is 13.4. The van der Waals surface area contributed by atoms with E-state index in [0.717, 1.165) is 12.0 Å². The molecular formula is C12H15BrFNO. The van der Waals surface area contributed by atoms with Crippen molar-refractivity contribution in [2.45, 2.75) is 25.1 Å². The Kier molecular flexibility index (Phi) is 4.93. The first-order valence-corrected chi connectivity index (χ1v) is 6.14. The molecule has 1 atom stereocenters. The van der Waals surface area contributed by atoms with E-state index in [4.69, 9.17) is 0 Å². The Balaban J connectivity index is 2.69. The maximum absolute atomic E-state index is 13.4. The minimum atomic E-state index is -0.481. The second-order valence-corrected chi connectivity index (χ2v) is 4.99. The quantitative estimate of drug-likeness (QED) is 0.848. The van der Waals surface area contributed by atoms with Crippen molar-refractivity contribution in [2.75, 3.05) is 6.54 Å². The monoisotopic (exact) mass is 287 g/mol. The first-order chi connectivity index (χ1) is 7.54. The molecule has 0 saturated heterocycles. The molecule has 16 heavy (non-hydrogen) atoms. The van der Waals surface area contributed by atoms with Gasteiger partial charge in [0.15, 0.2) is 0 Å². The van der Waals surface area contributed by atoms with Crippen LogP contribution in [0, 0.1) is 12.7 Å². The molecule has 0 heterocycles. The number of hydrogen-bond donors (Lipinski definition) is 1. The summed E-state index contributed by atoms with van der Waals surface area (Å²) in [5.41, 5.74) is 0.980. The molecule has 1 aromatic rings. The van der Waals surface area contributed by atoms with Crippen LogP contribution in [0.4, 0.5) is 4.39 Å². The van der Waals surface area contributed by atoms with E-state index >= 15 is 0 Å². The number of benzene rings is 1. The third kappa shape index (κ3) is 3.59. The largest absolute Gasteiger partial charge is 0.351 e. The lowest BCUT2D eigenvalue weighted by Crippen LogP contribution is -2.29. The van der Waals surface area contributed by atoms with Gasteiger partial charge in [-0.1, -0.05) is 34.5 Å². The predicted octanol–water partition coefficient (Wildman–Crippen LogP) is 3.04. The molecule has 88 valence electrons. The van der Waals surface area contributed by atoms with Crippen LogP contribution in [0.2, 0.25) is 0 Å². The van der Waals surface area contributed by atoms with E-state index in [-0.39, 0.29) is 16.3 Å². The predicted molar refractivity (Wildman–Crippen MR) is 66.5 cm³/mol. The van der Waals surface area contributed by atoms with E-state index in [1.807, 2.05) is 13.8 Å². The van der Waals surface area contributed by atoms with Crippen LogP contribution in [0.5, 0.6) is 0 Å². The molecule has 0 spiro atoms. The Morgan fingerprint density at radius 1 is 1.56 bits per heavy atom. The number of carbonyl (C=O) groups is 1. The highest BCUT2D eigenvalue weighted by Gasteiger charge is 2.12. The van der Waals surface area contributed by atoms with Crippen molar-refractivity contribution in [3.63, 3.8) is 0 Å². The molecule has 0 aliphatic heterocycles. The van der Waals surface area contributed by atoms with Crippen LogP contribution in [-0.2, 0) is 0 Å². The number of hydrogen-bond acceptors (Lipinski definition) is 1. The van der Waals surface area contributed by atoms with Crippen LogP contribution in [0.25, 0.3) is 0 Å². The van der Waals surface area contributed by atoms with Gasteiger partial charge < -0.3 is 5.32 Å². The van der Waals surface area contributed by atoms with Gasteiger partial charge in [-0.2, -0.15) is 0 Å². The Bertz CT molecular complexity index is 381. The standard InChI is InChI=1S/C12H15BrFNO/c1-3-9(13)7-15-12(16)10-6-8(2)4-5-11(10)14/h4-6,9H,3,7H2,1-2H3,(H,15,16). The number of nitrogens with one attached hydrogen (secondary N) is 1. The van der Waals surface area contributed by atoms with E-state index in [1.54, 1.807) is 12.1 Å². The molecule has 0 aliphatic carbocycles. The van der Waals surface area contributed by atoms with E-state index in [9.17, 15) is 9.18 Å². The lowest BCUT2D eigenvalue weighted by molar-refractivity contribution is 0.0949. The van der Waals surface area contributed by atoms with Crippen molar-refractivity contribution >= 4 is 21.8 Å². The van der Waals surface area contributed by atoms with E-state index in [1.165, 1.54) is 6.07 Å². The molecule has 1 aromatic carbocycles. The Morgan fingerprint density at radius 3 is 2.88 bits per heavy atom. The SMILES string of the molecule is CCC(Br)CNC(=O)c1cc(C)ccc1F. The molecule has 1 N–H and O–H groups in total. The number of rotatable bonds is 4. The highest BCUT2D eigenvalue weighted by atomic mass is 79.9. The van der Waals surface area contributed by atoms with E-state index in [0.29, 0.717) is 6.54 Å². The molecule has 1 unspecified atom stereocenters. The smallest absolute Gasteiger partial charge is 0.254 e. The molecule has 0 radical (unpaired) electrons. The van der Waals surface area contributed by atoms with E-state index in [2.05, 4.69) is 21.2 Å². The van der Waals surface area contributed by atoms with Gasteiger partial charge in [0.25, 0.3) is 5.91 Å².